The number of para-hydroxylation sites is 1. The second kappa shape index (κ2) is 14.4. The Balaban J connectivity index is 1.59. The van der Waals surface area contributed by atoms with Crippen LogP contribution in [0.15, 0.2) is 78.9 Å². The summed E-state index contributed by atoms with van der Waals surface area (Å²) in [5, 5.41) is 3.19. The summed E-state index contributed by atoms with van der Waals surface area (Å²) in [7, 11) is -3.79. The van der Waals surface area contributed by atoms with Crippen molar-refractivity contribution in [1.29, 1.82) is 0 Å². The predicted octanol–water partition coefficient (Wildman–Crippen LogP) is 5.38. The molecule has 224 valence electrons. The predicted molar refractivity (Wildman–Crippen MR) is 164 cm³/mol. The average molecular weight is 594 g/mol. The third-order valence-corrected chi connectivity index (χ3v) is 8.90. The van der Waals surface area contributed by atoms with E-state index >= 15 is 0 Å². The molecule has 2 amide bonds. The molecule has 1 saturated carbocycles. The molecule has 0 heterocycles. The normalized spacial score (nSPS) is 14.4. The Morgan fingerprint density at radius 2 is 1.57 bits per heavy atom. The Morgan fingerprint density at radius 1 is 0.929 bits per heavy atom. The van der Waals surface area contributed by atoms with Crippen molar-refractivity contribution in [3.63, 3.8) is 0 Å². The van der Waals surface area contributed by atoms with E-state index in [9.17, 15) is 22.4 Å². The van der Waals surface area contributed by atoms with Crippen LogP contribution in [0.5, 0.6) is 0 Å². The van der Waals surface area contributed by atoms with Gasteiger partial charge in [0.1, 0.15) is 11.9 Å². The zero-order valence-electron chi connectivity index (χ0n) is 24.3. The minimum Gasteiger partial charge on any atom is -0.352 e. The number of anilines is 1. The van der Waals surface area contributed by atoms with Crippen molar-refractivity contribution in [1.82, 2.24) is 10.2 Å². The molecule has 3 aromatic carbocycles. The number of sulfonamides is 1. The first kappa shape index (κ1) is 31.2. The number of amides is 2. The van der Waals surface area contributed by atoms with Crippen LogP contribution in [0.25, 0.3) is 0 Å². The molecule has 0 radical (unpaired) electrons. The number of aryl methyl sites for hydroxylation is 1. The van der Waals surface area contributed by atoms with Crippen LogP contribution in [0.1, 0.15) is 55.2 Å². The number of hydrogen-bond acceptors (Lipinski definition) is 4. The van der Waals surface area contributed by atoms with Gasteiger partial charge in [0.15, 0.2) is 0 Å². The van der Waals surface area contributed by atoms with Gasteiger partial charge in [-0.2, -0.15) is 0 Å². The molecule has 1 unspecified atom stereocenters. The molecule has 4 rings (SSSR count). The van der Waals surface area contributed by atoms with Gasteiger partial charge in [-0.25, -0.2) is 12.8 Å². The molecular formula is C33H40FN3O4S. The molecule has 42 heavy (non-hydrogen) atoms. The van der Waals surface area contributed by atoms with Crippen molar-refractivity contribution in [3.05, 3.63) is 101 Å². The summed E-state index contributed by atoms with van der Waals surface area (Å²) in [6.45, 7) is 2.16. The molecule has 0 bridgehead atoms. The Hall–Kier alpha value is -3.72. The van der Waals surface area contributed by atoms with Crippen molar-refractivity contribution in [2.75, 3.05) is 17.1 Å². The Kier molecular flexibility index (Phi) is 10.7. The Morgan fingerprint density at radius 3 is 2.21 bits per heavy atom. The highest BCUT2D eigenvalue weighted by Gasteiger charge is 2.32. The highest BCUT2D eigenvalue weighted by atomic mass is 32.2. The van der Waals surface area contributed by atoms with E-state index in [1.807, 2.05) is 61.5 Å². The van der Waals surface area contributed by atoms with Gasteiger partial charge in [0.25, 0.3) is 0 Å². The zero-order valence-corrected chi connectivity index (χ0v) is 25.2. The third kappa shape index (κ3) is 8.64. The summed E-state index contributed by atoms with van der Waals surface area (Å²) in [6, 6.07) is 22.5. The second-order valence-corrected chi connectivity index (χ2v) is 13.0. The molecule has 0 aliphatic heterocycles. The van der Waals surface area contributed by atoms with E-state index in [1.165, 1.54) is 18.2 Å². The first-order chi connectivity index (χ1) is 20.1. The molecule has 1 N–H and O–H groups in total. The van der Waals surface area contributed by atoms with Gasteiger partial charge in [-0.1, -0.05) is 85.1 Å². The number of nitrogens with one attached hydrogen (secondary N) is 1. The maximum absolute atomic E-state index is 14.5. The number of carbonyl (C=O) groups excluding carboxylic acids is 2. The van der Waals surface area contributed by atoms with E-state index in [4.69, 9.17) is 0 Å². The van der Waals surface area contributed by atoms with Gasteiger partial charge < -0.3 is 10.2 Å². The van der Waals surface area contributed by atoms with Crippen LogP contribution in [0, 0.1) is 12.7 Å². The van der Waals surface area contributed by atoms with Gasteiger partial charge >= 0.3 is 0 Å². The first-order valence-electron chi connectivity index (χ1n) is 14.5. The third-order valence-electron chi connectivity index (χ3n) is 7.72. The molecule has 3 aromatic rings. The highest BCUT2D eigenvalue weighted by molar-refractivity contribution is 7.92. The van der Waals surface area contributed by atoms with Crippen LogP contribution in [0.2, 0.25) is 0 Å². The number of hydrogen-bond donors (Lipinski definition) is 1. The molecule has 0 saturated heterocycles. The molecule has 1 atom stereocenters. The van der Waals surface area contributed by atoms with Crippen LogP contribution in [-0.4, -0.2) is 50.0 Å². The number of carbonyl (C=O) groups is 2. The molecule has 1 aliphatic rings. The van der Waals surface area contributed by atoms with Gasteiger partial charge in [0.2, 0.25) is 21.8 Å². The number of nitrogens with zero attached hydrogens (tertiary/aromatic N) is 2. The highest BCUT2D eigenvalue weighted by Crippen LogP contribution is 2.23. The fraction of sp³-hybridized carbons (Fsp3) is 0.394. The fourth-order valence-corrected chi connectivity index (χ4v) is 6.41. The molecule has 0 aromatic heterocycles. The fourth-order valence-electron chi connectivity index (χ4n) is 5.45. The van der Waals surface area contributed by atoms with Crippen molar-refractivity contribution in [2.45, 2.75) is 70.5 Å². The standard InChI is InChI=1S/C33H40FN3O4S/c1-25-18-20-27(21-19-25)24-36(31(23-26-11-4-3-5-12-26)33(39)35-28-13-6-7-14-28)32(38)17-10-22-37(42(2,40)41)30-16-9-8-15-29(30)34/h3-5,8-9,11-12,15-16,18-21,28,31H,6-7,10,13-14,17,22-24H2,1-2H3,(H,35,39). The summed E-state index contributed by atoms with van der Waals surface area (Å²) in [6.07, 6.45) is 5.51. The minimum absolute atomic E-state index is 0.00562. The molecular weight excluding hydrogens is 553 g/mol. The lowest BCUT2D eigenvalue weighted by Crippen LogP contribution is -2.52. The SMILES string of the molecule is Cc1ccc(CN(C(=O)CCCN(c2ccccc2F)S(C)(=O)=O)C(Cc2ccccc2)C(=O)NC2CCCC2)cc1. The van der Waals surface area contributed by atoms with E-state index in [2.05, 4.69) is 5.32 Å². The number of rotatable bonds is 13. The van der Waals surface area contributed by atoms with E-state index in [0.717, 1.165) is 52.9 Å². The van der Waals surface area contributed by atoms with Crippen molar-refractivity contribution < 1.29 is 22.4 Å². The summed E-state index contributed by atoms with van der Waals surface area (Å²) in [4.78, 5) is 29.3. The van der Waals surface area contributed by atoms with Crippen LogP contribution >= 0.6 is 0 Å². The zero-order chi connectivity index (χ0) is 30.1. The lowest BCUT2D eigenvalue weighted by Gasteiger charge is -2.33. The summed E-state index contributed by atoms with van der Waals surface area (Å²) < 4.78 is 40.6. The van der Waals surface area contributed by atoms with E-state index in [1.54, 1.807) is 11.0 Å². The molecule has 0 spiro atoms. The number of halogens is 1. The topological polar surface area (TPSA) is 86.8 Å². The molecule has 7 nitrogen and oxygen atoms in total. The maximum Gasteiger partial charge on any atom is 0.243 e. The molecule has 1 fully saturated rings. The monoisotopic (exact) mass is 593 g/mol. The Bertz CT molecular complexity index is 1440. The number of benzene rings is 3. The van der Waals surface area contributed by atoms with E-state index < -0.39 is 21.9 Å². The van der Waals surface area contributed by atoms with Gasteiger partial charge in [0.05, 0.1) is 11.9 Å². The van der Waals surface area contributed by atoms with Crippen molar-refractivity contribution >= 4 is 27.5 Å². The van der Waals surface area contributed by atoms with Gasteiger partial charge in [-0.15, -0.1) is 0 Å². The van der Waals surface area contributed by atoms with E-state index in [-0.39, 0.29) is 49.5 Å². The smallest absolute Gasteiger partial charge is 0.243 e. The molecule has 1 aliphatic carbocycles. The minimum atomic E-state index is -3.79. The average Bonchev–Trinajstić information content (AvgIpc) is 3.47. The quantitative estimate of drug-likeness (QED) is 0.288. The first-order valence-corrected chi connectivity index (χ1v) is 16.4. The maximum atomic E-state index is 14.5. The largest absolute Gasteiger partial charge is 0.352 e. The van der Waals surface area contributed by atoms with E-state index in [0.29, 0.717) is 6.42 Å². The lowest BCUT2D eigenvalue weighted by atomic mass is 10.0. The van der Waals surface area contributed by atoms with Crippen LogP contribution in [0.3, 0.4) is 0 Å². The summed E-state index contributed by atoms with van der Waals surface area (Å²) in [5.74, 6) is -1.10. The van der Waals surface area contributed by atoms with Crippen LogP contribution in [-0.2, 0) is 32.6 Å². The Labute approximate surface area is 248 Å². The van der Waals surface area contributed by atoms with Gasteiger partial charge in [-0.3, -0.25) is 13.9 Å². The van der Waals surface area contributed by atoms with Crippen LogP contribution in [0.4, 0.5) is 10.1 Å². The summed E-state index contributed by atoms with van der Waals surface area (Å²) in [5.41, 5.74) is 2.87. The molecule has 9 heteroatoms. The van der Waals surface area contributed by atoms with Crippen LogP contribution < -0.4 is 9.62 Å². The second-order valence-electron chi connectivity index (χ2n) is 11.1. The van der Waals surface area contributed by atoms with Gasteiger partial charge in [-0.05, 0) is 49.4 Å². The lowest BCUT2D eigenvalue weighted by molar-refractivity contribution is -0.141. The van der Waals surface area contributed by atoms with Crippen molar-refractivity contribution in [3.8, 4) is 0 Å². The van der Waals surface area contributed by atoms with Crippen molar-refractivity contribution in [2.24, 2.45) is 0 Å². The summed E-state index contributed by atoms with van der Waals surface area (Å²) >= 11 is 0. The van der Waals surface area contributed by atoms with Gasteiger partial charge in [0, 0.05) is 32.0 Å².